The summed E-state index contributed by atoms with van der Waals surface area (Å²) in [5.74, 6) is 1.89. The molecule has 0 atom stereocenters. The maximum absolute atomic E-state index is 12.2. The van der Waals surface area contributed by atoms with Gasteiger partial charge in [-0.3, -0.25) is 9.89 Å². The Labute approximate surface area is 119 Å². The minimum absolute atomic E-state index is 0.205. The maximum Gasteiger partial charge on any atom is 0.276 e. The second kappa shape index (κ2) is 5.23. The predicted octanol–water partition coefficient (Wildman–Crippen LogP) is 1.63. The lowest BCUT2D eigenvalue weighted by molar-refractivity contribution is 0.0771. The van der Waals surface area contributed by atoms with Gasteiger partial charge in [0.1, 0.15) is 5.82 Å². The van der Waals surface area contributed by atoms with Crippen LogP contribution in [-0.2, 0) is 6.54 Å². The quantitative estimate of drug-likeness (QED) is 0.782. The van der Waals surface area contributed by atoms with Crippen molar-refractivity contribution in [3.63, 3.8) is 0 Å². The lowest BCUT2D eigenvalue weighted by atomic mass is 10.3. The number of amides is 1. The third-order valence-electron chi connectivity index (χ3n) is 2.86. The van der Waals surface area contributed by atoms with Crippen molar-refractivity contribution in [3.05, 3.63) is 41.8 Å². The third kappa shape index (κ3) is 2.69. The average molecular weight is 287 g/mol. The van der Waals surface area contributed by atoms with Gasteiger partial charge >= 0.3 is 0 Å². The SMILES string of the molecule is Cc1nc(CN(C)C(=O)c2cc(-c3ccco3)on2)n[nH]1. The van der Waals surface area contributed by atoms with E-state index in [9.17, 15) is 4.79 Å². The molecule has 3 heterocycles. The second-order valence-electron chi connectivity index (χ2n) is 4.55. The van der Waals surface area contributed by atoms with E-state index in [0.29, 0.717) is 23.2 Å². The van der Waals surface area contributed by atoms with E-state index in [2.05, 4.69) is 20.3 Å². The molecule has 108 valence electrons. The molecule has 3 aromatic heterocycles. The molecule has 0 aliphatic heterocycles. The summed E-state index contributed by atoms with van der Waals surface area (Å²) >= 11 is 0. The van der Waals surface area contributed by atoms with E-state index >= 15 is 0 Å². The Bertz CT molecular complexity index is 744. The Morgan fingerprint density at radius 1 is 1.43 bits per heavy atom. The molecule has 0 aliphatic rings. The van der Waals surface area contributed by atoms with Crippen molar-refractivity contribution >= 4 is 5.91 Å². The van der Waals surface area contributed by atoms with Crippen LogP contribution in [0.25, 0.3) is 11.5 Å². The third-order valence-corrected chi connectivity index (χ3v) is 2.86. The Morgan fingerprint density at radius 2 is 2.29 bits per heavy atom. The van der Waals surface area contributed by atoms with Gasteiger partial charge in [-0.25, -0.2) is 4.98 Å². The van der Waals surface area contributed by atoms with Crippen LogP contribution in [0.3, 0.4) is 0 Å². The van der Waals surface area contributed by atoms with Gasteiger partial charge < -0.3 is 13.8 Å². The van der Waals surface area contributed by atoms with E-state index in [0.717, 1.165) is 0 Å². The molecule has 8 heteroatoms. The molecular weight excluding hydrogens is 274 g/mol. The van der Waals surface area contributed by atoms with Crippen molar-refractivity contribution in [1.82, 2.24) is 25.2 Å². The van der Waals surface area contributed by atoms with Crippen LogP contribution < -0.4 is 0 Å². The minimum Gasteiger partial charge on any atom is -0.461 e. The number of aromatic amines is 1. The fourth-order valence-electron chi connectivity index (χ4n) is 1.85. The van der Waals surface area contributed by atoms with Gasteiger partial charge in [-0.15, -0.1) is 0 Å². The maximum atomic E-state index is 12.2. The molecule has 0 fully saturated rings. The molecule has 21 heavy (non-hydrogen) atoms. The number of carbonyl (C=O) groups is 1. The van der Waals surface area contributed by atoms with Crippen LogP contribution in [0.4, 0.5) is 0 Å². The van der Waals surface area contributed by atoms with Crippen LogP contribution in [0.15, 0.2) is 33.4 Å². The van der Waals surface area contributed by atoms with Crippen LogP contribution in [0, 0.1) is 6.92 Å². The summed E-state index contributed by atoms with van der Waals surface area (Å²) in [5.41, 5.74) is 0.205. The highest BCUT2D eigenvalue weighted by Crippen LogP contribution is 2.21. The molecule has 1 N–H and O–H groups in total. The summed E-state index contributed by atoms with van der Waals surface area (Å²) < 4.78 is 10.3. The van der Waals surface area contributed by atoms with Crippen LogP contribution in [0.2, 0.25) is 0 Å². The average Bonchev–Trinajstić information content (AvgIpc) is 3.18. The van der Waals surface area contributed by atoms with E-state index in [1.54, 1.807) is 32.2 Å². The highest BCUT2D eigenvalue weighted by Gasteiger charge is 2.19. The zero-order valence-electron chi connectivity index (χ0n) is 11.5. The minimum atomic E-state index is -0.279. The first-order valence-corrected chi connectivity index (χ1v) is 6.27. The zero-order chi connectivity index (χ0) is 14.8. The highest BCUT2D eigenvalue weighted by atomic mass is 16.5. The van der Waals surface area contributed by atoms with Gasteiger partial charge in [0, 0.05) is 13.1 Å². The molecule has 0 aromatic carbocycles. The summed E-state index contributed by atoms with van der Waals surface area (Å²) in [7, 11) is 1.65. The Morgan fingerprint density at radius 3 is 2.95 bits per heavy atom. The normalized spacial score (nSPS) is 10.8. The molecule has 3 aromatic rings. The number of furan rings is 1. The van der Waals surface area contributed by atoms with Gasteiger partial charge in [0.2, 0.25) is 5.76 Å². The van der Waals surface area contributed by atoms with Crippen molar-refractivity contribution in [2.45, 2.75) is 13.5 Å². The number of carbonyl (C=O) groups excluding carboxylic acids is 1. The smallest absolute Gasteiger partial charge is 0.276 e. The van der Waals surface area contributed by atoms with E-state index in [-0.39, 0.29) is 18.1 Å². The molecule has 0 aliphatic carbocycles. The second-order valence-corrected chi connectivity index (χ2v) is 4.55. The summed E-state index contributed by atoms with van der Waals surface area (Å²) in [4.78, 5) is 17.9. The molecule has 0 saturated heterocycles. The first-order valence-electron chi connectivity index (χ1n) is 6.27. The largest absolute Gasteiger partial charge is 0.461 e. The van der Waals surface area contributed by atoms with Crippen molar-refractivity contribution in [2.24, 2.45) is 0 Å². The number of nitrogens with one attached hydrogen (secondary N) is 1. The molecule has 1 amide bonds. The van der Waals surface area contributed by atoms with Crippen LogP contribution in [-0.4, -0.2) is 38.2 Å². The van der Waals surface area contributed by atoms with E-state index in [1.807, 2.05) is 0 Å². The lowest BCUT2D eigenvalue weighted by Gasteiger charge is -2.12. The van der Waals surface area contributed by atoms with Gasteiger partial charge in [0.15, 0.2) is 17.3 Å². The van der Waals surface area contributed by atoms with Crippen LogP contribution in [0.1, 0.15) is 22.1 Å². The first-order chi connectivity index (χ1) is 10.1. The monoisotopic (exact) mass is 287 g/mol. The molecular formula is C13H13N5O3. The van der Waals surface area contributed by atoms with Gasteiger partial charge in [0.05, 0.1) is 12.8 Å². The number of hydrogen-bond acceptors (Lipinski definition) is 6. The number of aromatic nitrogens is 4. The summed E-state index contributed by atoms with van der Waals surface area (Å²) in [5, 5.41) is 10.5. The van der Waals surface area contributed by atoms with E-state index < -0.39 is 0 Å². The molecule has 8 nitrogen and oxygen atoms in total. The van der Waals surface area contributed by atoms with E-state index in [4.69, 9.17) is 8.94 Å². The fourth-order valence-corrected chi connectivity index (χ4v) is 1.85. The first kappa shape index (κ1) is 13.1. The van der Waals surface area contributed by atoms with E-state index in [1.165, 1.54) is 11.2 Å². The summed E-state index contributed by atoms with van der Waals surface area (Å²) in [6.07, 6.45) is 1.52. The van der Waals surface area contributed by atoms with Crippen LogP contribution >= 0.6 is 0 Å². The van der Waals surface area contributed by atoms with Gasteiger partial charge in [0.25, 0.3) is 5.91 Å². The molecule has 0 saturated carbocycles. The Hall–Kier alpha value is -2.90. The van der Waals surface area contributed by atoms with Crippen LogP contribution in [0.5, 0.6) is 0 Å². The molecule has 0 unspecified atom stereocenters. The topological polar surface area (TPSA) is 101 Å². The van der Waals surface area contributed by atoms with Crippen molar-refractivity contribution in [3.8, 4) is 11.5 Å². The number of rotatable bonds is 4. The van der Waals surface area contributed by atoms with Gasteiger partial charge in [-0.2, -0.15) is 5.10 Å². The van der Waals surface area contributed by atoms with Crippen molar-refractivity contribution < 1.29 is 13.7 Å². The van der Waals surface area contributed by atoms with Crippen molar-refractivity contribution in [1.29, 1.82) is 0 Å². The Balaban J connectivity index is 1.72. The van der Waals surface area contributed by atoms with Crippen molar-refractivity contribution in [2.75, 3.05) is 7.05 Å². The summed E-state index contributed by atoms with van der Waals surface area (Å²) in [6, 6.07) is 5.01. The number of hydrogen-bond donors (Lipinski definition) is 1. The molecule has 0 spiro atoms. The standard InChI is InChI=1S/C13H13N5O3/c1-8-14-12(16-15-8)7-18(2)13(19)9-6-11(21-17-9)10-4-3-5-20-10/h3-6H,7H2,1-2H3,(H,14,15,16). The van der Waals surface area contributed by atoms with Gasteiger partial charge in [-0.1, -0.05) is 5.16 Å². The number of aryl methyl sites for hydroxylation is 1. The summed E-state index contributed by atoms with van der Waals surface area (Å²) in [6.45, 7) is 2.08. The molecule has 3 rings (SSSR count). The molecule has 0 bridgehead atoms. The van der Waals surface area contributed by atoms with Gasteiger partial charge in [-0.05, 0) is 19.1 Å². The number of nitrogens with zero attached hydrogens (tertiary/aromatic N) is 4. The predicted molar refractivity (Wildman–Crippen MR) is 71.1 cm³/mol. The fraction of sp³-hybridized carbons (Fsp3) is 0.231. The number of H-pyrrole nitrogens is 1. The zero-order valence-corrected chi connectivity index (χ0v) is 11.5. The molecule has 0 radical (unpaired) electrons. The highest BCUT2D eigenvalue weighted by molar-refractivity contribution is 5.92. The lowest BCUT2D eigenvalue weighted by Crippen LogP contribution is -2.27. The Kier molecular flexibility index (Phi) is 3.27.